The summed E-state index contributed by atoms with van der Waals surface area (Å²) < 4.78 is 5.39. The van der Waals surface area contributed by atoms with Gasteiger partial charge in [0.05, 0.1) is 5.41 Å². The Morgan fingerprint density at radius 1 is 1.09 bits per heavy atom. The molecule has 2 fully saturated rings. The van der Waals surface area contributed by atoms with Gasteiger partial charge < -0.3 is 14.7 Å². The zero-order valence-corrected chi connectivity index (χ0v) is 14.6. The molecule has 2 aliphatic rings. The van der Waals surface area contributed by atoms with Gasteiger partial charge in [0.1, 0.15) is 5.60 Å². The highest BCUT2D eigenvalue weighted by Crippen LogP contribution is 2.41. The first kappa shape index (κ1) is 18.0. The maximum absolute atomic E-state index is 12.0. The number of carboxylic acid groups (broad SMARTS) is 1. The summed E-state index contributed by atoms with van der Waals surface area (Å²) in [6.45, 7) is 9.28. The molecule has 0 spiro atoms. The molecular formula is C17H30N2O4. The molecule has 0 unspecified atom stereocenters. The average molecular weight is 326 g/mol. The van der Waals surface area contributed by atoms with E-state index in [4.69, 9.17) is 4.74 Å². The van der Waals surface area contributed by atoms with E-state index in [2.05, 4.69) is 4.90 Å². The van der Waals surface area contributed by atoms with Crippen LogP contribution in [0.4, 0.5) is 4.79 Å². The molecule has 132 valence electrons. The molecule has 0 aromatic rings. The van der Waals surface area contributed by atoms with Gasteiger partial charge in [-0.05, 0) is 46.6 Å². The van der Waals surface area contributed by atoms with Crippen LogP contribution < -0.4 is 0 Å². The molecule has 0 atom stereocenters. The topological polar surface area (TPSA) is 70.1 Å². The van der Waals surface area contributed by atoms with Crippen molar-refractivity contribution in [2.24, 2.45) is 5.41 Å². The van der Waals surface area contributed by atoms with Crippen molar-refractivity contribution < 1.29 is 19.4 Å². The van der Waals surface area contributed by atoms with E-state index in [1.165, 1.54) is 0 Å². The zero-order valence-electron chi connectivity index (χ0n) is 14.6. The quantitative estimate of drug-likeness (QED) is 0.860. The third kappa shape index (κ3) is 4.83. The third-order valence-electron chi connectivity index (χ3n) is 4.94. The average Bonchev–Trinajstić information content (AvgIpc) is 2.94. The first-order valence-electron chi connectivity index (χ1n) is 8.66. The largest absolute Gasteiger partial charge is 0.481 e. The van der Waals surface area contributed by atoms with Crippen LogP contribution in [0.5, 0.6) is 0 Å². The molecule has 0 aromatic carbocycles. The Labute approximate surface area is 138 Å². The van der Waals surface area contributed by atoms with Crippen molar-refractivity contribution in [3.8, 4) is 0 Å². The molecule has 0 bridgehead atoms. The number of piperazine rings is 1. The zero-order chi connectivity index (χ0) is 17.1. The summed E-state index contributed by atoms with van der Waals surface area (Å²) in [4.78, 5) is 27.6. The number of hydrogen-bond acceptors (Lipinski definition) is 4. The minimum Gasteiger partial charge on any atom is -0.481 e. The number of carboxylic acids is 1. The Morgan fingerprint density at radius 2 is 1.65 bits per heavy atom. The second kappa shape index (κ2) is 7.07. The molecule has 0 aromatic heterocycles. The van der Waals surface area contributed by atoms with Crippen molar-refractivity contribution >= 4 is 12.1 Å². The maximum atomic E-state index is 12.0. The Hall–Kier alpha value is -1.30. The lowest BCUT2D eigenvalue weighted by molar-refractivity contribution is -0.149. The van der Waals surface area contributed by atoms with Crippen molar-refractivity contribution in [2.75, 3.05) is 32.7 Å². The van der Waals surface area contributed by atoms with Crippen LogP contribution in [-0.4, -0.2) is 65.3 Å². The molecule has 1 amide bonds. The molecule has 1 N–H and O–H groups in total. The van der Waals surface area contributed by atoms with Gasteiger partial charge in [-0.15, -0.1) is 0 Å². The lowest BCUT2D eigenvalue weighted by atomic mass is 9.82. The number of hydrogen-bond donors (Lipinski definition) is 1. The van der Waals surface area contributed by atoms with Crippen LogP contribution in [0, 0.1) is 5.41 Å². The number of aliphatic carboxylic acids is 1. The van der Waals surface area contributed by atoms with E-state index in [1.54, 1.807) is 4.90 Å². The highest BCUT2D eigenvalue weighted by atomic mass is 16.6. The van der Waals surface area contributed by atoms with E-state index in [0.29, 0.717) is 13.1 Å². The van der Waals surface area contributed by atoms with Crippen LogP contribution in [0.15, 0.2) is 0 Å². The maximum Gasteiger partial charge on any atom is 0.410 e. The predicted molar refractivity (Wildman–Crippen MR) is 87.4 cm³/mol. The summed E-state index contributed by atoms with van der Waals surface area (Å²) in [6, 6.07) is 0. The number of carbonyl (C=O) groups is 2. The number of ether oxygens (including phenoxy) is 1. The SMILES string of the molecule is CC(C)(C)OC(=O)N1CCN(CCC2(C(=O)O)CCCC2)CC1. The highest BCUT2D eigenvalue weighted by Gasteiger charge is 2.41. The summed E-state index contributed by atoms with van der Waals surface area (Å²) in [5, 5.41) is 9.53. The molecular weight excluding hydrogens is 296 g/mol. The second-order valence-electron chi connectivity index (χ2n) is 7.85. The van der Waals surface area contributed by atoms with Crippen LogP contribution >= 0.6 is 0 Å². The second-order valence-corrected chi connectivity index (χ2v) is 7.85. The van der Waals surface area contributed by atoms with E-state index in [1.807, 2.05) is 20.8 Å². The molecule has 6 nitrogen and oxygen atoms in total. The first-order chi connectivity index (χ1) is 10.7. The van der Waals surface area contributed by atoms with Gasteiger partial charge in [-0.1, -0.05) is 12.8 Å². The molecule has 0 radical (unpaired) electrons. The van der Waals surface area contributed by atoms with Crippen LogP contribution in [0.1, 0.15) is 52.9 Å². The van der Waals surface area contributed by atoms with Gasteiger partial charge >= 0.3 is 12.1 Å². The summed E-state index contributed by atoms with van der Waals surface area (Å²) in [7, 11) is 0. The molecule has 1 saturated carbocycles. The molecule has 2 rings (SSSR count). The predicted octanol–water partition coefficient (Wildman–Crippen LogP) is 2.57. The Kier molecular flexibility index (Phi) is 5.55. The van der Waals surface area contributed by atoms with E-state index in [-0.39, 0.29) is 6.09 Å². The molecule has 1 aliphatic heterocycles. The number of nitrogens with zero attached hydrogens (tertiary/aromatic N) is 2. The lowest BCUT2D eigenvalue weighted by Crippen LogP contribution is -2.50. The lowest BCUT2D eigenvalue weighted by Gasteiger charge is -2.36. The van der Waals surface area contributed by atoms with Gasteiger partial charge in [0.15, 0.2) is 0 Å². The van der Waals surface area contributed by atoms with E-state index < -0.39 is 17.0 Å². The van der Waals surface area contributed by atoms with E-state index >= 15 is 0 Å². The van der Waals surface area contributed by atoms with Gasteiger partial charge in [-0.2, -0.15) is 0 Å². The molecule has 23 heavy (non-hydrogen) atoms. The Balaban J connectivity index is 1.76. The van der Waals surface area contributed by atoms with E-state index in [9.17, 15) is 14.7 Å². The molecule has 1 saturated heterocycles. The van der Waals surface area contributed by atoms with Gasteiger partial charge in [-0.3, -0.25) is 9.69 Å². The smallest absolute Gasteiger partial charge is 0.410 e. The summed E-state index contributed by atoms with van der Waals surface area (Å²) in [5.74, 6) is -0.637. The highest BCUT2D eigenvalue weighted by molar-refractivity contribution is 5.75. The van der Waals surface area contributed by atoms with Crippen molar-refractivity contribution in [3.05, 3.63) is 0 Å². The van der Waals surface area contributed by atoms with Crippen molar-refractivity contribution in [1.29, 1.82) is 0 Å². The fraction of sp³-hybridized carbons (Fsp3) is 0.882. The van der Waals surface area contributed by atoms with Crippen LogP contribution in [0.25, 0.3) is 0 Å². The normalized spacial score (nSPS) is 22.1. The van der Waals surface area contributed by atoms with Crippen LogP contribution in [0.2, 0.25) is 0 Å². The molecule has 1 aliphatic carbocycles. The Morgan fingerprint density at radius 3 is 2.13 bits per heavy atom. The van der Waals surface area contributed by atoms with Crippen LogP contribution in [-0.2, 0) is 9.53 Å². The van der Waals surface area contributed by atoms with Crippen molar-refractivity contribution in [1.82, 2.24) is 9.80 Å². The minimum atomic E-state index is -0.637. The fourth-order valence-corrected chi connectivity index (χ4v) is 3.48. The first-order valence-corrected chi connectivity index (χ1v) is 8.66. The van der Waals surface area contributed by atoms with E-state index in [0.717, 1.165) is 51.7 Å². The molecule has 6 heteroatoms. The standard InChI is InChI=1S/C17H30N2O4/c1-16(2,3)23-15(22)19-12-10-18(11-13-19)9-8-17(14(20)21)6-4-5-7-17/h4-13H2,1-3H3,(H,20,21). The third-order valence-corrected chi connectivity index (χ3v) is 4.94. The summed E-state index contributed by atoms with van der Waals surface area (Å²) in [6.07, 6.45) is 4.13. The fourth-order valence-electron chi connectivity index (χ4n) is 3.48. The van der Waals surface area contributed by atoms with Gasteiger partial charge in [0.2, 0.25) is 0 Å². The minimum absolute atomic E-state index is 0.255. The van der Waals surface area contributed by atoms with Crippen LogP contribution in [0.3, 0.4) is 0 Å². The van der Waals surface area contributed by atoms with Gasteiger partial charge in [0.25, 0.3) is 0 Å². The number of carbonyl (C=O) groups excluding carboxylic acids is 1. The molecule has 1 heterocycles. The summed E-state index contributed by atoms with van der Waals surface area (Å²) >= 11 is 0. The monoisotopic (exact) mass is 326 g/mol. The number of amides is 1. The summed E-state index contributed by atoms with van der Waals surface area (Å²) in [5.41, 5.74) is -0.979. The van der Waals surface area contributed by atoms with Gasteiger partial charge in [-0.25, -0.2) is 4.79 Å². The van der Waals surface area contributed by atoms with Crippen molar-refractivity contribution in [2.45, 2.75) is 58.5 Å². The van der Waals surface area contributed by atoms with Crippen molar-refractivity contribution in [3.63, 3.8) is 0 Å². The number of rotatable bonds is 4. The Bertz CT molecular complexity index is 430. The van der Waals surface area contributed by atoms with Gasteiger partial charge in [0, 0.05) is 26.2 Å².